The van der Waals surface area contributed by atoms with Crippen molar-refractivity contribution in [3.8, 4) is 0 Å². The third-order valence-corrected chi connectivity index (χ3v) is 5.90. The second-order valence-electron chi connectivity index (χ2n) is 8.19. The van der Waals surface area contributed by atoms with Crippen LogP contribution in [-0.4, -0.2) is 32.7 Å². The Bertz CT molecular complexity index is 676. The van der Waals surface area contributed by atoms with E-state index in [1.54, 1.807) is 0 Å². The van der Waals surface area contributed by atoms with Crippen LogP contribution in [0.4, 0.5) is 15.8 Å². The lowest BCUT2D eigenvalue weighted by Crippen LogP contribution is -2.38. The molecule has 24 heavy (non-hydrogen) atoms. The van der Waals surface area contributed by atoms with Gasteiger partial charge in [-0.25, -0.2) is 4.39 Å². The molecule has 2 fully saturated rings. The van der Waals surface area contributed by atoms with Gasteiger partial charge in [0.2, 0.25) is 9.04 Å². The Hall–Kier alpha value is -1.47. The highest BCUT2D eigenvalue weighted by atomic mass is 28.3. The zero-order valence-electron chi connectivity index (χ0n) is 14.8. The third kappa shape index (κ3) is 2.73. The van der Waals surface area contributed by atoms with Gasteiger partial charge in [-0.2, -0.15) is 0 Å². The van der Waals surface area contributed by atoms with Crippen molar-refractivity contribution >= 4 is 20.4 Å². The molecule has 1 heterocycles. The Kier molecular flexibility index (Phi) is 3.99. The first-order chi connectivity index (χ1) is 11.1. The van der Waals surface area contributed by atoms with E-state index in [2.05, 4.69) is 33.9 Å². The summed E-state index contributed by atoms with van der Waals surface area (Å²) in [5, 5.41) is 10.8. The van der Waals surface area contributed by atoms with Gasteiger partial charge in [0.1, 0.15) is 0 Å². The van der Waals surface area contributed by atoms with E-state index in [4.69, 9.17) is 4.43 Å². The fraction of sp³-hybridized carbons (Fsp3) is 0.647. The predicted octanol–water partition coefficient (Wildman–Crippen LogP) is 3.85. The van der Waals surface area contributed by atoms with E-state index in [1.807, 2.05) is 4.90 Å². The minimum absolute atomic E-state index is 0.155. The lowest BCUT2D eigenvalue weighted by Gasteiger charge is -2.31. The van der Waals surface area contributed by atoms with Crippen LogP contribution in [0.25, 0.3) is 0 Å². The van der Waals surface area contributed by atoms with Crippen LogP contribution in [0.2, 0.25) is 13.1 Å². The molecular formula is C17H24FN2O3Si. The van der Waals surface area contributed by atoms with Crippen molar-refractivity contribution in [1.82, 2.24) is 0 Å². The molecular weight excluding hydrogens is 327 g/mol. The lowest BCUT2D eigenvalue weighted by atomic mass is 9.86. The fourth-order valence-corrected chi connectivity index (χ4v) is 5.61. The summed E-state index contributed by atoms with van der Waals surface area (Å²) in [6.07, 6.45) is 0. The first-order valence-electron chi connectivity index (χ1n) is 8.24. The molecule has 1 aliphatic heterocycles. The highest BCUT2D eigenvalue weighted by Crippen LogP contribution is 2.65. The van der Waals surface area contributed by atoms with Gasteiger partial charge in [0.05, 0.1) is 22.3 Å². The van der Waals surface area contributed by atoms with Gasteiger partial charge in [-0.1, -0.05) is 20.8 Å². The van der Waals surface area contributed by atoms with E-state index in [-0.39, 0.29) is 16.7 Å². The maximum Gasteiger partial charge on any atom is 0.272 e. The second kappa shape index (κ2) is 5.52. The molecule has 1 aromatic carbocycles. The monoisotopic (exact) mass is 351 g/mol. The smallest absolute Gasteiger partial charge is 0.272 e. The molecule has 1 aromatic rings. The molecule has 5 nitrogen and oxygen atoms in total. The standard InChI is InChI=1S/C17H24FN2O3Si/c1-16(2,3)15-12-9-19(10-17(12,15)23-24(4)5)14-7-6-11(20(21)22)8-13(14)18/h6-8,12,15H,9-10H2,1-5H3/t12-,15+,17+/m0/s1. The van der Waals surface area contributed by atoms with E-state index >= 15 is 0 Å². The molecule has 1 radical (unpaired) electrons. The van der Waals surface area contributed by atoms with Crippen molar-refractivity contribution in [2.45, 2.75) is 39.5 Å². The molecule has 3 rings (SSSR count). The minimum atomic E-state index is -0.868. The largest absolute Gasteiger partial charge is 0.409 e. The topological polar surface area (TPSA) is 55.6 Å². The number of nitrogens with zero attached hydrogens (tertiary/aromatic N) is 2. The van der Waals surface area contributed by atoms with Gasteiger partial charge in [-0.15, -0.1) is 0 Å². The number of fused-ring (bicyclic) bond motifs is 1. The molecule has 1 saturated carbocycles. The Morgan fingerprint density at radius 3 is 2.58 bits per heavy atom. The average molecular weight is 351 g/mol. The Morgan fingerprint density at radius 1 is 1.42 bits per heavy atom. The van der Waals surface area contributed by atoms with Crippen molar-refractivity contribution in [2.24, 2.45) is 17.3 Å². The summed E-state index contributed by atoms with van der Waals surface area (Å²) in [6.45, 7) is 12.4. The Balaban J connectivity index is 1.84. The van der Waals surface area contributed by atoms with Crippen molar-refractivity contribution in [3.05, 3.63) is 34.1 Å². The summed E-state index contributed by atoms with van der Waals surface area (Å²) in [7, 11) is -0.868. The first kappa shape index (κ1) is 17.4. The van der Waals surface area contributed by atoms with Crippen molar-refractivity contribution in [3.63, 3.8) is 0 Å². The molecule has 0 spiro atoms. The molecule has 2 aliphatic rings. The minimum Gasteiger partial charge on any atom is -0.409 e. The molecule has 0 aromatic heterocycles. The molecule has 1 aliphatic carbocycles. The molecule has 3 atom stereocenters. The summed E-state index contributed by atoms with van der Waals surface area (Å²) < 4.78 is 20.7. The van der Waals surface area contributed by atoms with E-state index in [0.717, 1.165) is 12.6 Å². The fourth-order valence-electron chi connectivity index (χ4n) is 4.51. The van der Waals surface area contributed by atoms with Crippen LogP contribution in [0.15, 0.2) is 18.2 Å². The van der Waals surface area contributed by atoms with Gasteiger partial charge < -0.3 is 9.33 Å². The Labute approximate surface area is 143 Å². The number of hydrogen-bond donors (Lipinski definition) is 0. The van der Waals surface area contributed by atoms with Crippen LogP contribution in [-0.2, 0) is 4.43 Å². The van der Waals surface area contributed by atoms with Gasteiger partial charge in [0, 0.05) is 31.0 Å². The number of nitro groups is 1. The molecule has 0 N–H and O–H groups in total. The average Bonchev–Trinajstić information content (AvgIpc) is 2.89. The summed E-state index contributed by atoms with van der Waals surface area (Å²) in [4.78, 5) is 12.2. The SMILES string of the molecule is C[Si](C)O[C@]12CN(c3ccc([N+](=O)[O-])cc3F)C[C@H]1[C@@H]2C(C)(C)C. The van der Waals surface area contributed by atoms with Crippen LogP contribution in [0, 0.1) is 33.2 Å². The van der Waals surface area contributed by atoms with E-state index < -0.39 is 19.8 Å². The zero-order chi connectivity index (χ0) is 17.9. The lowest BCUT2D eigenvalue weighted by molar-refractivity contribution is -0.385. The number of nitro benzene ring substituents is 1. The highest BCUT2D eigenvalue weighted by Gasteiger charge is 2.73. The van der Waals surface area contributed by atoms with Crippen LogP contribution in [0.3, 0.4) is 0 Å². The number of hydrogen-bond acceptors (Lipinski definition) is 4. The molecule has 7 heteroatoms. The van der Waals surface area contributed by atoms with Crippen LogP contribution in [0.1, 0.15) is 20.8 Å². The number of halogens is 1. The third-order valence-electron chi connectivity index (χ3n) is 5.11. The second-order valence-corrected chi connectivity index (χ2v) is 10.2. The summed E-state index contributed by atoms with van der Waals surface area (Å²) in [5.41, 5.74) is 0.183. The molecule has 0 bridgehead atoms. The quantitative estimate of drug-likeness (QED) is 0.470. The summed E-state index contributed by atoms with van der Waals surface area (Å²) in [5.74, 6) is 0.334. The molecule has 0 unspecified atom stereocenters. The normalized spacial score (nSPS) is 29.0. The molecule has 0 amide bonds. The van der Waals surface area contributed by atoms with E-state index in [0.29, 0.717) is 24.1 Å². The van der Waals surface area contributed by atoms with Gasteiger partial charge in [-0.3, -0.25) is 10.1 Å². The number of benzene rings is 1. The van der Waals surface area contributed by atoms with Crippen molar-refractivity contribution in [2.75, 3.05) is 18.0 Å². The van der Waals surface area contributed by atoms with Crippen molar-refractivity contribution < 1.29 is 13.7 Å². The van der Waals surface area contributed by atoms with Crippen molar-refractivity contribution in [1.29, 1.82) is 0 Å². The highest BCUT2D eigenvalue weighted by molar-refractivity contribution is 6.48. The number of non-ortho nitro benzene ring substituents is 1. The molecule has 131 valence electrons. The van der Waals surface area contributed by atoms with Crippen LogP contribution >= 0.6 is 0 Å². The predicted molar refractivity (Wildman–Crippen MR) is 93.0 cm³/mol. The zero-order valence-corrected chi connectivity index (χ0v) is 15.8. The van der Waals surface area contributed by atoms with Gasteiger partial charge in [0.25, 0.3) is 5.69 Å². The van der Waals surface area contributed by atoms with Gasteiger partial charge in [-0.05, 0) is 24.6 Å². The maximum atomic E-state index is 14.3. The molecule has 1 saturated heterocycles. The van der Waals surface area contributed by atoms with Crippen LogP contribution in [0.5, 0.6) is 0 Å². The van der Waals surface area contributed by atoms with Gasteiger partial charge in [0.15, 0.2) is 5.82 Å². The number of rotatable bonds is 4. The summed E-state index contributed by atoms with van der Waals surface area (Å²) >= 11 is 0. The number of piperidine rings is 1. The van der Waals surface area contributed by atoms with E-state index in [1.165, 1.54) is 12.1 Å². The van der Waals surface area contributed by atoms with Crippen LogP contribution < -0.4 is 4.90 Å². The van der Waals surface area contributed by atoms with Gasteiger partial charge >= 0.3 is 0 Å². The Morgan fingerprint density at radius 2 is 2.08 bits per heavy atom. The van der Waals surface area contributed by atoms with E-state index in [9.17, 15) is 14.5 Å². The first-order valence-corrected chi connectivity index (χ1v) is 10.6. The number of anilines is 1. The maximum absolute atomic E-state index is 14.3. The summed E-state index contributed by atoms with van der Waals surface area (Å²) in [6, 6.07) is 3.89.